The lowest BCUT2D eigenvalue weighted by molar-refractivity contribution is 0.0950. The molecule has 1 aromatic rings. The average molecular weight is 249 g/mol. The van der Waals surface area contributed by atoms with Crippen molar-refractivity contribution in [3.8, 4) is 5.75 Å². The first-order valence-corrected chi connectivity index (χ1v) is 6.58. The van der Waals surface area contributed by atoms with E-state index in [1.165, 1.54) is 6.42 Å². The van der Waals surface area contributed by atoms with Crippen LogP contribution in [0.15, 0.2) is 18.2 Å². The molecule has 1 aromatic carbocycles. The van der Waals surface area contributed by atoms with Crippen LogP contribution < -0.4 is 5.32 Å². The Bertz CT molecular complexity index is 399. The zero-order valence-corrected chi connectivity index (χ0v) is 11.5. The van der Waals surface area contributed by atoms with Crippen molar-refractivity contribution in [3.63, 3.8) is 0 Å². The summed E-state index contributed by atoms with van der Waals surface area (Å²) in [5, 5.41) is 12.5. The highest BCUT2D eigenvalue weighted by molar-refractivity contribution is 5.96. The summed E-state index contributed by atoms with van der Waals surface area (Å²) in [6.07, 6.45) is 3.29. The predicted octanol–water partition coefficient (Wildman–Crippen LogP) is 3.26. The van der Waals surface area contributed by atoms with Gasteiger partial charge in [-0.1, -0.05) is 38.3 Å². The van der Waals surface area contributed by atoms with Gasteiger partial charge in [-0.3, -0.25) is 4.79 Å². The number of hydrogen-bond donors (Lipinski definition) is 2. The van der Waals surface area contributed by atoms with Crippen molar-refractivity contribution in [1.82, 2.24) is 5.32 Å². The van der Waals surface area contributed by atoms with Crippen LogP contribution in [0.2, 0.25) is 0 Å². The number of carbonyl (C=O) groups excluding carboxylic acids is 1. The van der Waals surface area contributed by atoms with Gasteiger partial charge in [0.05, 0.1) is 5.56 Å². The second kappa shape index (κ2) is 7.04. The van der Waals surface area contributed by atoms with Crippen LogP contribution in [0.1, 0.15) is 49.0 Å². The Hall–Kier alpha value is -1.51. The highest BCUT2D eigenvalue weighted by atomic mass is 16.3. The molecule has 0 saturated carbocycles. The molecule has 0 aliphatic heterocycles. The molecular formula is C15H23NO2. The number of rotatable bonds is 6. The van der Waals surface area contributed by atoms with Gasteiger partial charge in [0.25, 0.3) is 5.91 Å². The molecule has 0 radical (unpaired) electrons. The second-order valence-corrected chi connectivity index (χ2v) is 5.17. The normalized spacial score (nSPS) is 10.7. The molecule has 3 heteroatoms. The molecule has 100 valence electrons. The fourth-order valence-corrected chi connectivity index (χ4v) is 1.81. The van der Waals surface area contributed by atoms with E-state index in [1.54, 1.807) is 18.2 Å². The second-order valence-electron chi connectivity index (χ2n) is 5.17. The molecule has 2 N–H and O–H groups in total. The van der Waals surface area contributed by atoms with Crippen LogP contribution in [0, 0.1) is 12.8 Å². The topological polar surface area (TPSA) is 49.3 Å². The number of unbranched alkanes of at least 4 members (excludes halogenated alkanes) is 1. The van der Waals surface area contributed by atoms with Gasteiger partial charge >= 0.3 is 0 Å². The number of phenolic OH excluding ortho intramolecular Hbond substituents is 1. The van der Waals surface area contributed by atoms with Crippen LogP contribution in [-0.4, -0.2) is 17.6 Å². The number of benzene rings is 1. The first-order valence-electron chi connectivity index (χ1n) is 6.58. The summed E-state index contributed by atoms with van der Waals surface area (Å²) < 4.78 is 0. The fourth-order valence-electron chi connectivity index (χ4n) is 1.81. The van der Waals surface area contributed by atoms with Gasteiger partial charge in [0.1, 0.15) is 5.75 Å². The number of aryl methyl sites for hydroxylation is 1. The summed E-state index contributed by atoms with van der Waals surface area (Å²) in [6.45, 7) is 6.96. The molecule has 0 bridgehead atoms. The number of aromatic hydroxyl groups is 1. The number of nitrogens with one attached hydrogen (secondary N) is 1. The smallest absolute Gasteiger partial charge is 0.255 e. The Kier molecular flexibility index (Phi) is 5.69. The van der Waals surface area contributed by atoms with Gasteiger partial charge in [-0.25, -0.2) is 0 Å². The summed E-state index contributed by atoms with van der Waals surface area (Å²) in [6, 6.07) is 5.05. The molecule has 1 amide bonds. The van der Waals surface area contributed by atoms with E-state index in [0.29, 0.717) is 18.0 Å². The van der Waals surface area contributed by atoms with E-state index in [2.05, 4.69) is 19.2 Å². The predicted molar refractivity (Wildman–Crippen MR) is 73.9 cm³/mol. The minimum absolute atomic E-state index is 0.0419. The van der Waals surface area contributed by atoms with E-state index in [4.69, 9.17) is 0 Å². The van der Waals surface area contributed by atoms with Crippen LogP contribution in [-0.2, 0) is 0 Å². The Labute approximate surface area is 109 Å². The maximum atomic E-state index is 11.8. The molecule has 0 heterocycles. The van der Waals surface area contributed by atoms with Gasteiger partial charge in [0.15, 0.2) is 0 Å². The van der Waals surface area contributed by atoms with Crippen LogP contribution in [0.5, 0.6) is 5.75 Å². The third-order valence-electron chi connectivity index (χ3n) is 2.89. The van der Waals surface area contributed by atoms with Crippen molar-refractivity contribution < 1.29 is 9.90 Å². The van der Waals surface area contributed by atoms with E-state index >= 15 is 0 Å². The first-order chi connectivity index (χ1) is 8.50. The van der Waals surface area contributed by atoms with E-state index in [1.807, 2.05) is 6.92 Å². The van der Waals surface area contributed by atoms with Crippen LogP contribution in [0.25, 0.3) is 0 Å². The third-order valence-corrected chi connectivity index (χ3v) is 2.89. The van der Waals surface area contributed by atoms with Gasteiger partial charge in [0, 0.05) is 6.54 Å². The molecule has 3 nitrogen and oxygen atoms in total. The number of phenols is 1. The maximum absolute atomic E-state index is 11.8. The molecule has 0 spiro atoms. The maximum Gasteiger partial charge on any atom is 0.255 e. The first kappa shape index (κ1) is 14.6. The SMILES string of the molecule is Cc1ccc(O)c(C(=O)NCCCCC(C)C)c1. The monoisotopic (exact) mass is 249 g/mol. The Morgan fingerprint density at radius 1 is 1.33 bits per heavy atom. The molecule has 18 heavy (non-hydrogen) atoms. The minimum atomic E-state index is -0.194. The van der Waals surface area contributed by atoms with Crippen molar-refractivity contribution in [2.45, 2.75) is 40.0 Å². The summed E-state index contributed by atoms with van der Waals surface area (Å²) in [7, 11) is 0. The summed E-state index contributed by atoms with van der Waals surface area (Å²) in [5.41, 5.74) is 1.33. The molecule has 0 aliphatic carbocycles. The number of carbonyl (C=O) groups is 1. The van der Waals surface area contributed by atoms with Crippen LogP contribution in [0.4, 0.5) is 0 Å². The van der Waals surface area contributed by atoms with E-state index in [-0.39, 0.29) is 11.7 Å². The molecule has 0 fully saturated rings. The van der Waals surface area contributed by atoms with E-state index < -0.39 is 0 Å². The Morgan fingerprint density at radius 3 is 2.72 bits per heavy atom. The number of amides is 1. The molecular weight excluding hydrogens is 226 g/mol. The minimum Gasteiger partial charge on any atom is -0.507 e. The van der Waals surface area contributed by atoms with Crippen LogP contribution >= 0.6 is 0 Å². The lowest BCUT2D eigenvalue weighted by Crippen LogP contribution is -2.24. The lowest BCUT2D eigenvalue weighted by Gasteiger charge is -2.08. The molecule has 0 aliphatic rings. The van der Waals surface area contributed by atoms with Crippen molar-refractivity contribution in [3.05, 3.63) is 29.3 Å². The van der Waals surface area contributed by atoms with Crippen molar-refractivity contribution in [2.75, 3.05) is 6.54 Å². The Balaban J connectivity index is 2.39. The highest BCUT2D eigenvalue weighted by Gasteiger charge is 2.10. The van der Waals surface area contributed by atoms with Crippen molar-refractivity contribution in [2.24, 2.45) is 5.92 Å². The van der Waals surface area contributed by atoms with Gasteiger partial charge in [-0.2, -0.15) is 0 Å². The van der Waals surface area contributed by atoms with Gasteiger partial charge < -0.3 is 10.4 Å². The summed E-state index contributed by atoms with van der Waals surface area (Å²) in [5.74, 6) is 0.558. The molecule has 1 rings (SSSR count). The Morgan fingerprint density at radius 2 is 2.06 bits per heavy atom. The fraction of sp³-hybridized carbons (Fsp3) is 0.533. The highest BCUT2D eigenvalue weighted by Crippen LogP contribution is 2.17. The number of hydrogen-bond acceptors (Lipinski definition) is 2. The molecule has 0 unspecified atom stereocenters. The molecule has 0 aromatic heterocycles. The zero-order valence-electron chi connectivity index (χ0n) is 11.5. The largest absolute Gasteiger partial charge is 0.507 e. The average Bonchev–Trinajstić information content (AvgIpc) is 2.31. The van der Waals surface area contributed by atoms with Gasteiger partial charge in [0.2, 0.25) is 0 Å². The van der Waals surface area contributed by atoms with Crippen LogP contribution in [0.3, 0.4) is 0 Å². The lowest BCUT2D eigenvalue weighted by atomic mass is 10.1. The van der Waals surface area contributed by atoms with Crippen molar-refractivity contribution >= 4 is 5.91 Å². The van der Waals surface area contributed by atoms with Gasteiger partial charge in [-0.05, 0) is 31.4 Å². The molecule has 0 saturated heterocycles. The van der Waals surface area contributed by atoms with Gasteiger partial charge in [-0.15, -0.1) is 0 Å². The third kappa shape index (κ3) is 4.78. The van der Waals surface area contributed by atoms with Crippen molar-refractivity contribution in [1.29, 1.82) is 0 Å². The zero-order chi connectivity index (χ0) is 13.5. The summed E-state index contributed by atoms with van der Waals surface area (Å²) in [4.78, 5) is 11.8. The van der Waals surface area contributed by atoms with E-state index in [0.717, 1.165) is 18.4 Å². The quantitative estimate of drug-likeness (QED) is 0.760. The molecule has 0 atom stereocenters. The summed E-state index contributed by atoms with van der Waals surface area (Å²) >= 11 is 0. The van der Waals surface area contributed by atoms with E-state index in [9.17, 15) is 9.90 Å². The standard InChI is InChI=1S/C15H23NO2/c1-11(2)6-4-5-9-16-15(18)13-10-12(3)7-8-14(13)17/h7-8,10-11,17H,4-6,9H2,1-3H3,(H,16,18).